The Morgan fingerprint density at radius 2 is 1.82 bits per heavy atom. The summed E-state index contributed by atoms with van der Waals surface area (Å²) >= 11 is 0. The molecular weight excluding hydrogens is 278 g/mol. The van der Waals surface area contributed by atoms with E-state index in [4.69, 9.17) is 4.42 Å². The molecule has 1 aliphatic rings. The molecule has 1 aromatic carbocycles. The third-order valence-electron chi connectivity index (χ3n) is 3.47. The van der Waals surface area contributed by atoms with Crippen molar-refractivity contribution in [3.05, 3.63) is 77.1 Å². The van der Waals surface area contributed by atoms with Crippen molar-refractivity contribution < 1.29 is 9.21 Å². The first-order chi connectivity index (χ1) is 10.7. The van der Waals surface area contributed by atoms with E-state index in [9.17, 15) is 4.79 Å². The summed E-state index contributed by atoms with van der Waals surface area (Å²) in [6.45, 7) is 1.72. The van der Waals surface area contributed by atoms with E-state index in [-0.39, 0.29) is 11.5 Å². The van der Waals surface area contributed by atoms with Gasteiger partial charge in [-0.3, -0.25) is 4.79 Å². The van der Waals surface area contributed by atoms with Gasteiger partial charge in [-0.05, 0) is 12.1 Å². The van der Waals surface area contributed by atoms with E-state index < -0.39 is 0 Å². The van der Waals surface area contributed by atoms with Gasteiger partial charge in [-0.25, -0.2) is 15.0 Å². The highest BCUT2D eigenvalue weighted by molar-refractivity contribution is 6.28. The quantitative estimate of drug-likeness (QED) is 0.540. The lowest BCUT2D eigenvalue weighted by atomic mass is 9.90. The van der Waals surface area contributed by atoms with Gasteiger partial charge in [-0.1, -0.05) is 30.3 Å². The normalized spacial score (nSPS) is 14.8. The number of carbonyl (C=O) groups is 1. The van der Waals surface area contributed by atoms with Gasteiger partial charge in [-0.2, -0.15) is 0 Å². The summed E-state index contributed by atoms with van der Waals surface area (Å²) in [6, 6.07) is 12.8. The predicted molar refractivity (Wildman–Crippen MR) is 80.7 cm³/mol. The maximum absolute atomic E-state index is 12.5. The van der Waals surface area contributed by atoms with Crippen LogP contribution >= 0.6 is 0 Å². The molecule has 5 heteroatoms. The molecule has 0 saturated heterocycles. The molecule has 0 N–H and O–H groups in total. The SMILES string of the molecule is Cc1nc2c(o1)C(=O)c1ccccc1/C2=N/c1ccccn1. The average molecular weight is 289 g/mol. The molecule has 0 saturated carbocycles. The van der Waals surface area contributed by atoms with E-state index >= 15 is 0 Å². The van der Waals surface area contributed by atoms with Crippen molar-refractivity contribution in [2.75, 3.05) is 0 Å². The molecule has 0 aliphatic heterocycles. The number of pyridine rings is 1. The standard InChI is InChI=1S/C17H11N3O2/c1-10-19-15-14(20-13-8-4-5-9-18-13)11-6-2-3-7-12(11)16(21)17(15)22-10/h2-9H,1H3/b20-14-. The molecule has 0 spiro atoms. The van der Waals surface area contributed by atoms with Crippen LogP contribution in [0.3, 0.4) is 0 Å². The van der Waals surface area contributed by atoms with Gasteiger partial charge in [0.05, 0.1) is 0 Å². The zero-order chi connectivity index (χ0) is 15.1. The van der Waals surface area contributed by atoms with Crippen LogP contribution in [0.25, 0.3) is 0 Å². The summed E-state index contributed by atoms with van der Waals surface area (Å²) in [5, 5.41) is 0. The summed E-state index contributed by atoms with van der Waals surface area (Å²) in [5.41, 5.74) is 2.41. The van der Waals surface area contributed by atoms with Gasteiger partial charge in [0.1, 0.15) is 11.4 Å². The number of hydrogen-bond donors (Lipinski definition) is 0. The number of rotatable bonds is 1. The van der Waals surface area contributed by atoms with Gasteiger partial charge in [0, 0.05) is 24.2 Å². The fourth-order valence-corrected chi connectivity index (χ4v) is 2.53. The van der Waals surface area contributed by atoms with E-state index in [1.165, 1.54) is 0 Å². The molecule has 106 valence electrons. The van der Waals surface area contributed by atoms with Gasteiger partial charge in [0.2, 0.25) is 11.5 Å². The van der Waals surface area contributed by atoms with Crippen molar-refractivity contribution >= 4 is 17.3 Å². The molecule has 2 aromatic heterocycles. The number of hydrogen-bond acceptors (Lipinski definition) is 5. The number of benzene rings is 1. The Balaban J connectivity index is 2.01. The topological polar surface area (TPSA) is 68.3 Å². The molecule has 0 radical (unpaired) electrons. The molecule has 5 nitrogen and oxygen atoms in total. The predicted octanol–water partition coefficient (Wildman–Crippen LogP) is 3.09. The maximum atomic E-state index is 12.5. The molecule has 0 fully saturated rings. The van der Waals surface area contributed by atoms with E-state index in [1.807, 2.05) is 30.3 Å². The second-order valence-electron chi connectivity index (χ2n) is 4.93. The van der Waals surface area contributed by atoms with Crippen molar-refractivity contribution in [2.45, 2.75) is 6.92 Å². The lowest BCUT2D eigenvalue weighted by molar-refractivity contribution is 0.101. The molecule has 3 aromatic rings. The van der Waals surface area contributed by atoms with Crippen LogP contribution in [0.1, 0.15) is 33.3 Å². The van der Waals surface area contributed by atoms with Crippen LogP contribution in [-0.4, -0.2) is 21.5 Å². The van der Waals surface area contributed by atoms with Crippen LogP contribution in [0.15, 0.2) is 58.1 Å². The van der Waals surface area contributed by atoms with Gasteiger partial charge in [-0.15, -0.1) is 0 Å². The molecule has 0 bridgehead atoms. The van der Waals surface area contributed by atoms with E-state index in [0.717, 1.165) is 5.56 Å². The molecule has 0 amide bonds. The lowest BCUT2D eigenvalue weighted by Gasteiger charge is -2.14. The van der Waals surface area contributed by atoms with Crippen LogP contribution in [0.2, 0.25) is 0 Å². The molecular formula is C17H11N3O2. The van der Waals surface area contributed by atoms with Gasteiger partial charge < -0.3 is 4.42 Å². The molecule has 4 rings (SSSR count). The summed E-state index contributed by atoms with van der Waals surface area (Å²) in [7, 11) is 0. The second kappa shape index (κ2) is 4.73. The van der Waals surface area contributed by atoms with E-state index in [1.54, 1.807) is 25.3 Å². The zero-order valence-electron chi connectivity index (χ0n) is 11.8. The van der Waals surface area contributed by atoms with Crippen molar-refractivity contribution in [3.63, 3.8) is 0 Å². The van der Waals surface area contributed by atoms with Crippen LogP contribution in [0.4, 0.5) is 5.82 Å². The minimum absolute atomic E-state index is 0.161. The number of carbonyl (C=O) groups excluding carboxylic acids is 1. The Kier molecular flexibility index (Phi) is 2.72. The molecule has 22 heavy (non-hydrogen) atoms. The highest BCUT2D eigenvalue weighted by Crippen LogP contribution is 2.29. The van der Waals surface area contributed by atoms with Crippen LogP contribution < -0.4 is 0 Å². The Hall–Kier alpha value is -3.08. The summed E-state index contributed by atoms with van der Waals surface area (Å²) in [6.07, 6.45) is 1.67. The Morgan fingerprint density at radius 3 is 2.59 bits per heavy atom. The fourth-order valence-electron chi connectivity index (χ4n) is 2.53. The molecule has 1 aliphatic carbocycles. The summed E-state index contributed by atoms with van der Waals surface area (Å²) in [5.74, 6) is 1.09. The highest BCUT2D eigenvalue weighted by Gasteiger charge is 2.33. The third-order valence-corrected chi connectivity index (χ3v) is 3.47. The zero-order valence-corrected chi connectivity index (χ0v) is 11.8. The first kappa shape index (κ1) is 12.6. The monoisotopic (exact) mass is 289 g/mol. The Morgan fingerprint density at radius 1 is 1.05 bits per heavy atom. The summed E-state index contributed by atoms with van der Waals surface area (Å²) < 4.78 is 5.48. The van der Waals surface area contributed by atoms with Crippen molar-refractivity contribution in [3.8, 4) is 0 Å². The van der Waals surface area contributed by atoms with E-state index in [2.05, 4.69) is 15.0 Å². The third kappa shape index (κ3) is 1.87. The largest absolute Gasteiger partial charge is 0.437 e. The van der Waals surface area contributed by atoms with Crippen LogP contribution in [0, 0.1) is 6.92 Å². The van der Waals surface area contributed by atoms with Crippen LogP contribution in [0.5, 0.6) is 0 Å². The first-order valence-electron chi connectivity index (χ1n) is 6.85. The second-order valence-corrected chi connectivity index (χ2v) is 4.93. The number of aryl methyl sites for hydroxylation is 1. The molecule has 2 heterocycles. The van der Waals surface area contributed by atoms with Crippen molar-refractivity contribution in [1.82, 2.24) is 9.97 Å². The minimum atomic E-state index is -0.161. The highest BCUT2D eigenvalue weighted by atomic mass is 16.4. The van der Waals surface area contributed by atoms with Crippen LogP contribution in [-0.2, 0) is 0 Å². The number of nitrogens with zero attached hydrogens (tertiary/aromatic N) is 3. The number of fused-ring (bicyclic) bond motifs is 2. The molecule has 0 atom stereocenters. The first-order valence-corrected chi connectivity index (χ1v) is 6.85. The average Bonchev–Trinajstić information content (AvgIpc) is 2.94. The van der Waals surface area contributed by atoms with E-state index in [0.29, 0.717) is 28.7 Å². The van der Waals surface area contributed by atoms with Gasteiger partial charge in [0.15, 0.2) is 11.7 Å². The number of oxazole rings is 1. The van der Waals surface area contributed by atoms with Gasteiger partial charge >= 0.3 is 0 Å². The smallest absolute Gasteiger partial charge is 0.231 e. The minimum Gasteiger partial charge on any atom is -0.437 e. The van der Waals surface area contributed by atoms with Gasteiger partial charge in [0.25, 0.3) is 0 Å². The molecule has 0 unspecified atom stereocenters. The van der Waals surface area contributed by atoms with Crippen molar-refractivity contribution in [1.29, 1.82) is 0 Å². The fraction of sp³-hybridized carbons (Fsp3) is 0.0588. The van der Waals surface area contributed by atoms with Crippen molar-refractivity contribution in [2.24, 2.45) is 4.99 Å². The lowest BCUT2D eigenvalue weighted by Crippen LogP contribution is -2.20. The Labute approximate surface area is 126 Å². The number of aromatic nitrogens is 2. The summed E-state index contributed by atoms with van der Waals surface area (Å²) in [4.78, 5) is 25.6. The number of ketones is 1. The number of aliphatic imine (C=N–C) groups is 1. The Bertz CT molecular complexity index is 911. The maximum Gasteiger partial charge on any atom is 0.231 e.